The van der Waals surface area contributed by atoms with E-state index in [0.717, 1.165) is 6.42 Å². The van der Waals surface area contributed by atoms with Crippen molar-refractivity contribution in [3.8, 4) is 0 Å². The van der Waals surface area contributed by atoms with Crippen molar-refractivity contribution in [1.82, 2.24) is 10.2 Å². The van der Waals surface area contributed by atoms with Gasteiger partial charge in [0.05, 0.1) is 0 Å². The molecule has 0 aromatic carbocycles. The fourth-order valence-corrected chi connectivity index (χ4v) is 1.57. The van der Waals surface area contributed by atoms with Crippen molar-refractivity contribution in [3.63, 3.8) is 0 Å². The lowest BCUT2D eigenvalue weighted by Gasteiger charge is -2.06. The Morgan fingerprint density at radius 1 is 1.67 bits per heavy atom. The molecule has 5 N–H and O–H groups in total. The van der Waals surface area contributed by atoms with E-state index < -0.39 is 0 Å². The van der Waals surface area contributed by atoms with Gasteiger partial charge in [-0.1, -0.05) is 0 Å². The van der Waals surface area contributed by atoms with Gasteiger partial charge in [0.15, 0.2) is 11.1 Å². The number of hydrogen-bond acceptors (Lipinski definition) is 3. The van der Waals surface area contributed by atoms with Crippen molar-refractivity contribution in [2.24, 2.45) is 16.5 Å². The average Bonchev–Trinajstić information content (AvgIpc) is 2.41. The first kappa shape index (κ1) is 11.7. The number of nitrogens with zero attached hydrogens (tertiary/aromatic N) is 2. The fraction of sp³-hybridized carbons (Fsp3) is 0.625. The van der Waals surface area contributed by atoms with E-state index in [1.807, 2.05) is 0 Å². The maximum Gasteiger partial charge on any atom is 0.251 e. The van der Waals surface area contributed by atoms with Crippen LogP contribution in [0.1, 0.15) is 12.8 Å². The molecular weight excluding hydrogens is 214 g/mol. The van der Waals surface area contributed by atoms with Crippen LogP contribution in [0.15, 0.2) is 4.99 Å². The van der Waals surface area contributed by atoms with Crippen molar-refractivity contribution in [2.45, 2.75) is 18.9 Å². The second-order valence-corrected chi connectivity index (χ2v) is 3.73. The van der Waals surface area contributed by atoms with E-state index in [1.165, 1.54) is 4.90 Å². The molecular formula is C8H15N5OS. The van der Waals surface area contributed by atoms with Gasteiger partial charge < -0.3 is 16.8 Å². The zero-order valence-electron chi connectivity index (χ0n) is 8.56. The van der Waals surface area contributed by atoms with Crippen molar-refractivity contribution in [2.75, 3.05) is 13.6 Å². The van der Waals surface area contributed by atoms with Crippen LogP contribution in [0.5, 0.6) is 0 Å². The molecule has 1 atom stereocenters. The van der Waals surface area contributed by atoms with Gasteiger partial charge in [-0.25, -0.2) is 0 Å². The zero-order chi connectivity index (χ0) is 11.4. The highest BCUT2D eigenvalue weighted by Gasteiger charge is 2.31. The van der Waals surface area contributed by atoms with Gasteiger partial charge in [-0.3, -0.25) is 14.7 Å². The molecule has 1 aliphatic heterocycles. The Morgan fingerprint density at radius 2 is 2.33 bits per heavy atom. The van der Waals surface area contributed by atoms with E-state index in [1.54, 1.807) is 7.05 Å². The van der Waals surface area contributed by atoms with E-state index >= 15 is 0 Å². The van der Waals surface area contributed by atoms with Gasteiger partial charge in [0.25, 0.3) is 5.91 Å². The van der Waals surface area contributed by atoms with Crippen LogP contribution in [-0.2, 0) is 4.79 Å². The summed E-state index contributed by atoms with van der Waals surface area (Å²) >= 11 is 4.94. The molecule has 1 fully saturated rings. The second kappa shape index (κ2) is 4.92. The van der Waals surface area contributed by atoms with Crippen molar-refractivity contribution >= 4 is 29.2 Å². The fourth-order valence-electron chi connectivity index (χ4n) is 1.34. The Morgan fingerprint density at radius 3 is 2.80 bits per heavy atom. The summed E-state index contributed by atoms with van der Waals surface area (Å²) in [6.45, 7) is 0.532. The molecule has 1 aliphatic rings. The van der Waals surface area contributed by atoms with Crippen molar-refractivity contribution in [3.05, 3.63) is 0 Å². The number of carbonyl (C=O) groups is 1. The molecule has 7 heteroatoms. The van der Waals surface area contributed by atoms with E-state index in [4.69, 9.17) is 23.7 Å². The first-order valence-corrected chi connectivity index (χ1v) is 5.06. The molecule has 0 aromatic heterocycles. The number of guanidine groups is 1. The molecule has 84 valence electrons. The molecule has 0 aliphatic carbocycles. The average molecular weight is 229 g/mol. The topological polar surface area (TPSA) is 96.7 Å². The summed E-state index contributed by atoms with van der Waals surface area (Å²) in [6, 6.07) is -0.225. The Hall–Kier alpha value is -1.37. The summed E-state index contributed by atoms with van der Waals surface area (Å²) in [5.74, 6) is 0.0815. The Kier molecular flexibility index (Phi) is 3.84. The number of nitrogens with one attached hydrogen (secondary N) is 1. The lowest BCUT2D eigenvalue weighted by Crippen LogP contribution is -2.29. The third-order valence-electron chi connectivity index (χ3n) is 2.18. The van der Waals surface area contributed by atoms with Gasteiger partial charge in [0.1, 0.15) is 6.04 Å². The van der Waals surface area contributed by atoms with Crippen LogP contribution in [0.4, 0.5) is 0 Å². The first-order chi connectivity index (χ1) is 7.02. The number of aliphatic imine (C=N–C) groups is 1. The number of rotatable bonds is 4. The first-order valence-electron chi connectivity index (χ1n) is 4.66. The van der Waals surface area contributed by atoms with E-state index in [-0.39, 0.29) is 17.9 Å². The number of amides is 1. The summed E-state index contributed by atoms with van der Waals surface area (Å²) in [5.41, 5.74) is 10.3. The molecule has 15 heavy (non-hydrogen) atoms. The lowest BCUT2D eigenvalue weighted by atomic mass is 10.1. The number of thiocarbonyl (C=S) groups is 1. The maximum absolute atomic E-state index is 11.5. The standard InChI is InChI=1S/C8H15N5OS/c1-13-6(14)5(12-8(13)15)3-2-4-11-7(9)10/h5H,2-4H2,1H3,(H,12,15)(H4,9,10,11)/t5-/m1/s1. The molecule has 1 saturated heterocycles. The highest BCUT2D eigenvalue weighted by atomic mass is 32.1. The number of hydrogen-bond donors (Lipinski definition) is 3. The number of nitrogens with two attached hydrogens (primary N) is 2. The Balaban J connectivity index is 2.32. The van der Waals surface area contributed by atoms with Crippen LogP contribution in [0, 0.1) is 0 Å². The number of likely N-dealkylation sites (N-methyl/N-ethyl adjacent to an activating group) is 1. The van der Waals surface area contributed by atoms with Gasteiger partial charge in [-0.15, -0.1) is 0 Å². The molecule has 6 nitrogen and oxygen atoms in total. The SMILES string of the molecule is CN1C(=O)[C@@H](CCCN=C(N)N)NC1=S. The van der Waals surface area contributed by atoms with Crippen molar-refractivity contribution < 1.29 is 4.79 Å². The van der Waals surface area contributed by atoms with E-state index in [9.17, 15) is 4.79 Å². The van der Waals surface area contributed by atoms with Crippen LogP contribution >= 0.6 is 12.2 Å². The Labute approximate surface area is 93.7 Å². The highest BCUT2D eigenvalue weighted by Crippen LogP contribution is 2.09. The minimum absolute atomic E-state index is 0.00435. The summed E-state index contributed by atoms with van der Waals surface area (Å²) in [6.07, 6.45) is 1.43. The molecule has 0 spiro atoms. The van der Waals surface area contributed by atoms with E-state index in [2.05, 4.69) is 10.3 Å². The molecule has 0 radical (unpaired) electrons. The molecule has 1 rings (SSSR count). The van der Waals surface area contributed by atoms with Gasteiger partial charge in [-0.05, 0) is 25.1 Å². The van der Waals surface area contributed by atoms with Gasteiger partial charge in [0, 0.05) is 13.6 Å². The van der Waals surface area contributed by atoms with Gasteiger partial charge in [-0.2, -0.15) is 0 Å². The highest BCUT2D eigenvalue weighted by molar-refractivity contribution is 7.80. The second-order valence-electron chi connectivity index (χ2n) is 3.35. The molecule has 0 unspecified atom stereocenters. The minimum Gasteiger partial charge on any atom is -0.370 e. The Bertz CT molecular complexity index is 299. The van der Waals surface area contributed by atoms with Crippen LogP contribution in [0.25, 0.3) is 0 Å². The van der Waals surface area contributed by atoms with Crippen LogP contribution < -0.4 is 16.8 Å². The molecule has 1 amide bonds. The minimum atomic E-state index is -0.225. The van der Waals surface area contributed by atoms with Crippen molar-refractivity contribution in [1.29, 1.82) is 0 Å². The van der Waals surface area contributed by atoms with Gasteiger partial charge in [0.2, 0.25) is 0 Å². The third-order valence-corrected chi connectivity index (χ3v) is 2.57. The summed E-state index contributed by atoms with van der Waals surface area (Å²) in [4.78, 5) is 16.8. The lowest BCUT2D eigenvalue weighted by molar-refractivity contribution is -0.126. The monoisotopic (exact) mass is 229 g/mol. The van der Waals surface area contributed by atoms with Crippen LogP contribution in [-0.4, -0.2) is 41.5 Å². The molecule has 0 aromatic rings. The number of carbonyl (C=O) groups excluding carboxylic acids is 1. The molecule has 1 heterocycles. The largest absolute Gasteiger partial charge is 0.370 e. The normalized spacial score (nSPS) is 20.3. The summed E-state index contributed by atoms with van der Waals surface area (Å²) < 4.78 is 0. The third kappa shape index (κ3) is 3.05. The smallest absolute Gasteiger partial charge is 0.251 e. The predicted octanol–water partition coefficient (Wildman–Crippen LogP) is -1.24. The molecule has 0 bridgehead atoms. The predicted molar refractivity (Wildman–Crippen MR) is 62.2 cm³/mol. The zero-order valence-corrected chi connectivity index (χ0v) is 9.38. The van der Waals surface area contributed by atoms with Crippen LogP contribution in [0.3, 0.4) is 0 Å². The maximum atomic E-state index is 11.5. The van der Waals surface area contributed by atoms with Crippen LogP contribution in [0.2, 0.25) is 0 Å². The summed E-state index contributed by atoms with van der Waals surface area (Å²) in [7, 11) is 1.66. The quantitative estimate of drug-likeness (QED) is 0.242. The summed E-state index contributed by atoms with van der Waals surface area (Å²) in [5, 5.41) is 3.42. The van der Waals surface area contributed by atoms with Gasteiger partial charge >= 0.3 is 0 Å². The molecule has 0 saturated carbocycles. The van der Waals surface area contributed by atoms with E-state index in [0.29, 0.717) is 18.1 Å².